The Bertz CT molecular complexity index is 1020. The molecule has 2 aliphatic rings. The highest BCUT2D eigenvalue weighted by Gasteiger charge is 2.23. The smallest absolute Gasteiger partial charge is 0.414 e. The molecule has 1 heterocycles. The van der Waals surface area contributed by atoms with Crippen LogP contribution in [-0.4, -0.2) is 86.5 Å². The van der Waals surface area contributed by atoms with E-state index in [2.05, 4.69) is 11.4 Å². The molecule has 1 aromatic carbocycles. The Balaban J connectivity index is 1.30. The normalized spacial score (nSPS) is 18.8. The summed E-state index contributed by atoms with van der Waals surface area (Å²) in [5.74, 6) is -1.27. The summed E-state index contributed by atoms with van der Waals surface area (Å²) in [6, 6.07) is 6.48. The number of nitrogens with one attached hydrogen (secondary N) is 1. The molecule has 0 bridgehead atoms. The number of rotatable bonds is 13. The van der Waals surface area contributed by atoms with Gasteiger partial charge in [0.05, 0.1) is 33.0 Å². The van der Waals surface area contributed by atoms with Crippen LogP contribution < -0.4 is 10.2 Å². The maximum atomic E-state index is 12.6. The van der Waals surface area contributed by atoms with Crippen molar-refractivity contribution in [2.75, 3.05) is 51.5 Å². The van der Waals surface area contributed by atoms with Crippen molar-refractivity contribution in [1.82, 2.24) is 10.2 Å². The molecule has 0 spiro atoms. The van der Waals surface area contributed by atoms with Gasteiger partial charge in [-0.2, -0.15) is 0 Å². The number of aliphatic hydroxyl groups is 1. The van der Waals surface area contributed by atoms with Gasteiger partial charge in [-0.1, -0.05) is 24.6 Å². The van der Waals surface area contributed by atoms with Crippen LogP contribution in [0.25, 0.3) is 0 Å². The highest BCUT2D eigenvalue weighted by Crippen LogP contribution is 2.21. The van der Waals surface area contributed by atoms with Gasteiger partial charge in [0.15, 0.2) is 6.10 Å². The molecule has 0 aromatic heterocycles. The fraction of sp³-hybridized carbons (Fsp3) is 0.500. The number of aliphatic hydroxyl groups excluding tert-OH is 1. The zero-order chi connectivity index (χ0) is 28.0. The molecule has 4 amide bonds. The first-order valence-electron chi connectivity index (χ1n) is 13.2. The van der Waals surface area contributed by atoms with Crippen LogP contribution in [0.5, 0.6) is 0 Å². The van der Waals surface area contributed by atoms with Gasteiger partial charge in [-0.3, -0.25) is 24.2 Å². The van der Waals surface area contributed by atoms with Crippen molar-refractivity contribution in [2.24, 2.45) is 0 Å². The number of hydrogen-bond donors (Lipinski definition) is 2. The number of nitrogens with zero attached hydrogens (tertiary/aromatic N) is 2. The molecule has 2 N–H and O–H groups in total. The Kier molecular flexibility index (Phi) is 12.1. The molecule has 39 heavy (non-hydrogen) atoms. The van der Waals surface area contributed by atoms with Crippen molar-refractivity contribution in [3.8, 4) is 0 Å². The van der Waals surface area contributed by atoms with Crippen molar-refractivity contribution in [3.63, 3.8) is 0 Å². The average Bonchev–Trinajstić information content (AvgIpc) is 3.24. The standard InChI is InChI=1S/C28H37N3O8/c1-30(28(36)39-23-7-5-3-2-4-6-8-23)22-11-9-21(10-12-22)26(34)27(35)29-15-17-37-19-20-38-18-16-31-24(32)13-14-25(31)33/h5,7,9-14,23,26,34H,2-4,6,8,15-20H2,1H3,(H,29,35)/b7-5-/t23-,26?/m0/s1. The average molecular weight is 544 g/mol. The SMILES string of the molecule is CN(C(=O)O[C@H]1/C=C\CCCCC1)c1ccc(C(O)C(=O)NCCOCCOCCN2C(=O)C=CC2=O)cc1. The zero-order valence-electron chi connectivity index (χ0n) is 22.3. The van der Waals surface area contributed by atoms with Crippen LogP contribution in [0.15, 0.2) is 48.6 Å². The number of ether oxygens (including phenoxy) is 3. The molecule has 2 atom stereocenters. The van der Waals surface area contributed by atoms with Crippen molar-refractivity contribution >= 4 is 29.5 Å². The summed E-state index contributed by atoms with van der Waals surface area (Å²) in [4.78, 5) is 50.2. The molecule has 0 saturated carbocycles. The third-order valence-corrected chi connectivity index (χ3v) is 6.36. The molecule has 212 valence electrons. The van der Waals surface area contributed by atoms with Crippen LogP contribution in [0.3, 0.4) is 0 Å². The minimum Gasteiger partial charge on any atom is -0.442 e. The summed E-state index contributed by atoms with van der Waals surface area (Å²) in [6.07, 6.45) is 9.49. The Labute approximate surface area is 228 Å². The summed E-state index contributed by atoms with van der Waals surface area (Å²) in [5.41, 5.74) is 0.970. The monoisotopic (exact) mass is 543 g/mol. The molecule has 11 nitrogen and oxygen atoms in total. The topological polar surface area (TPSA) is 135 Å². The predicted molar refractivity (Wildman–Crippen MR) is 143 cm³/mol. The number of carbonyl (C=O) groups excluding carboxylic acids is 4. The van der Waals surface area contributed by atoms with Crippen LogP contribution in [0.1, 0.15) is 43.8 Å². The van der Waals surface area contributed by atoms with Gasteiger partial charge in [0, 0.05) is 31.4 Å². The number of allylic oxidation sites excluding steroid dienone is 1. The van der Waals surface area contributed by atoms with E-state index in [9.17, 15) is 24.3 Å². The number of amides is 4. The number of carbonyl (C=O) groups is 4. The van der Waals surface area contributed by atoms with Gasteiger partial charge < -0.3 is 24.6 Å². The second-order valence-electron chi connectivity index (χ2n) is 9.22. The second-order valence-corrected chi connectivity index (χ2v) is 9.22. The van der Waals surface area contributed by atoms with Gasteiger partial charge in [0.1, 0.15) is 6.10 Å². The first-order valence-corrected chi connectivity index (χ1v) is 13.2. The third-order valence-electron chi connectivity index (χ3n) is 6.36. The Morgan fingerprint density at radius 3 is 2.44 bits per heavy atom. The van der Waals surface area contributed by atoms with E-state index >= 15 is 0 Å². The summed E-state index contributed by atoms with van der Waals surface area (Å²) >= 11 is 0. The van der Waals surface area contributed by atoms with Crippen LogP contribution in [0, 0.1) is 0 Å². The summed E-state index contributed by atoms with van der Waals surface area (Å²) < 4.78 is 16.3. The lowest BCUT2D eigenvalue weighted by Gasteiger charge is -2.22. The Morgan fingerprint density at radius 2 is 1.72 bits per heavy atom. The maximum absolute atomic E-state index is 12.6. The molecule has 1 aromatic rings. The minimum atomic E-state index is -1.37. The fourth-order valence-electron chi connectivity index (χ4n) is 4.04. The van der Waals surface area contributed by atoms with Gasteiger partial charge in [0.2, 0.25) is 0 Å². The van der Waals surface area contributed by atoms with E-state index in [0.29, 0.717) is 11.3 Å². The fourth-order valence-corrected chi connectivity index (χ4v) is 4.04. The quantitative estimate of drug-likeness (QED) is 0.220. The van der Waals surface area contributed by atoms with E-state index in [1.54, 1.807) is 31.3 Å². The third kappa shape index (κ3) is 9.61. The zero-order valence-corrected chi connectivity index (χ0v) is 22.3. The van der Waals surface area contributed by atoms with Crippen LogP contribution in [0.2, 0.25) is 0 Å². The van der Waals surface area contributed by atoms with Gasteiger partial charge >= 0.3 is 6.09 Å². The van der Waals surface area contributed by atoms with Crippen molar-refractivity contribution < 1.29 is 38.5 Å². The van der Waals surface area contributed by atoms with Gasteiger partial charge in [-0.05, 0) is 49.5 Å². The van der Waals surface area contributed by atoms with Crippen molar-refractivity contribution in [1.29, 1.82) is 0 Å². The Morgan fingerprint density at radius 1 is 1.03 bits per heavy atom. The van der Waals surface area contributed by atoms with Crippen molar-refractivity contribution in [2.45, 2.75) is 44.3 Å². The molecule has 3 rings (SSSR count). The first kappa shape index (κ1) is 30.0. The number of benzene rings is 1. The molecule has 0 fully saturated rings. The molecule has 1 aliphatic heterocycles. The lowest BCUT2D eigenvalue weighted by Crippen LogP contribution is -2.33. The number of hydrogen-bond acceptors (Lipinski definition) is 8. The number of imide groups is 1. The van der Waals surface area contributed by atoms with Gasteiger partial charge in [-0.15, -0.1) is 0 Å². The van der Waals surface area contributed by atoms with Crippen LogP contribution >= 0.6 is 0 Å². The van der Waals surface area contributed by atoms with Crippen LogP contribution in [0.4, 0.5) is 10.5 Å². The predicted octanol–water partition coefficient (Wildman–Crippen LogP) is 2.26. The molecule has 0 radical (unpaired) electrons. The van der Waals surface area contributed by atoms with E-state index in [0.717, 1.165) is 37.0 Å². The largest absolute Gasteiger partial charge is 0.442 e. The van der Waals surface area contributed by atoms with Gasteiger partial charge in [-0.25, -0.2) is 4.79 Å². The molecular weight excluding hydrogens is 506 g/mol. The van der Waals surface area contributed by atoms with Crippen molar-refractivity contribution in [3.05, 3.63) is 54.1 Å². The maximum Gasteiger partial charge on any atom is 0.414 e. The summed E-state index contributed by atoms with van der Waals surface area (Å²) in [6.45, 7) is 1.34. The van der Waals surface area contributed by atoms with E-state index in [1.807, 2.05) is 6.08 Å². The Hall–Kier alpha value is -3.54. The highest BCUT2D eigenvalue weighted by molar-refractivity contribution is 6.12. The molecule has 0 saturated heterocycles. The summed E-state index contributed by atoms with van der Waals surface area (Å²) in [5, 5.41) is 13.0. The first-order chi connectivity index (χ1) is 18.9. The van der Waals surface area contributed by atoms with Crippen LogP contribution in [-0.2, 0) is 28.6 Å². The van der Waals surface area contributed by atoms with E-state index in [-0.39, 0.29) is 57.4 Å². The van der Waals surface area contributed by atoms with E-state index < -0.39 is 18.1 Å². The number of anilines is 1. The van der Waals surface area contributed by atoms with E-state index in [4.69, 9.17) is 14.2 Å². The molecule has 11 heteroatoms. The van der Waals surface area contributed by atoms with E-state index in [1.165, 1.54) is 17.1 Å². The second kappa shape index (κ2) is 15.8. The molecule has 1 aliphatic carbocycles. The lowest BCUT2D eigenvalue weighted by atomic mass is 10.0. The lowest BCUT2D eigenvalue weighted by molar-refractivity contribution is -0.137. The molecule has 1 unspecified atom stereocenters. The highest BCUT2D eigenvalue weighted by atomic mass is 16.6. The van der Waals surface area contributed by atoms with Gasteiger partial charge in [0.25, 0.3) is 17.7 Å². The minimum absolute atomic E-state index is 0.179. The molecular formula is C28H37N3O8. The summed E-state index contributed by atoms with van der Waals surface area (Å²) in [7, 11) is 1.62.